The van der Waals surface area contributed by atoms with Gasteiger partial charge in [0.05, 0.1) is 12.7 Å². The van der Waals surface area contributed by atoms with Gasteiger partial charge in [0.1, 0.15) is 0 Å². The van der Waals surface area contributed by atoms with Crippen LogP contribution in [0, 0.1) is 0 Å². The van der Waals surface area contributed by atoms with Crippen molar-refractivity contribution in [1.82, 2.24) is 0 Å². The highest BCUT2D eigenvalue weighted by Gasteiger charge is 2.00. The van der Waals surface area contributed by atoms with E-state index in [2.05, 4.69) is 6.07 Å². The van der Waals surface area contributed by atoms with E-state index in [0.29, 0.717) is 6.61 Å². The van der Waals surface area contributed by atoms with Crippen LogP contribution in [0.25, 0.3) is 0 Å². The molecule has 0 aromatic heterocycles. The highest BCUT2D eigenvalue weighted by molar-refractivity contribution is 5.40. The molecule has 0 bridgehead atoms. The minimum absolute atomic E-state index is 0.172. The van der Waals surface area contributed by atoms with Gasteiger partial charge in [0.15, 0.2) is 0 Å². The largest absolute Gasteiger partial charge is 0.399 e. The molecule has 1 aromatic carbocycles. The van der Waals surface area contributed by atoms with E-state index < -0.39 is 0 Å². The van der Waals surface area contributed by atoms with Crippen LogP contribution >= 0.6 is 0 Å². The first kappa shape index (κ1) is 13.0. The normalized spacial score (nSPS) is 12.6. The molecule has 3 nitrogen and oxygen atoms in total. The van der Waals surface area contributed by atoms with E-state index in [1.165, 1.54) is 5.56 Å². The predicted molar refractivity (Wildman–Crippen MR) is 66.5 cm³/mol. The second kappa shape index (κ2) is 7.25. The molecule has 0 spiro atoms. The number of anilines is 1. The molecule has 16 heavy (non-hydrogen) atoms. The second-order valence-electron chi connectivity index (χ2n) is 3.99. The lowest BCUT2D eigenvalue weighted by molar-refractivity contribution is 0.00837. The predicted octanol–water partition coefficient (Wildman–Crippen LogP) is 2.25. The topological polar surface area (TPSA) is 44.5 Å². The van der Waals surface area contributed by atoms with Crippen molar-refractivity contribution in [3.8, 4) is 0 Å². The standard InChI is InChI=1S/C13H21NO2/c1-11(10-15-2)16-8-4-6-12-5-3-7-13(14)9-12/h3,5,7,9,11H,4,6,8,10,14H2,1-2H3. The number of benzene rings is 1. The molecule has 0 aliphatic carbocycles. The van der Waals surface area contributed by atoms with Crippen LogP contribution in [0.2, 0.25) is 0 Å². The van der Waals surface area contributed by atoms with Gasteiger partial charge in [-0.05, 0) is 37.5 Å². The van der Waals surface area contributed by atoms with Crippen LogP contribution in [0.3, 0.4) is 0 Å². The summed E-state index contributed by atoms with van der Waals surface area (Å²) in [7, 11) is 1.69. The van der Waals surface area contributed by atoms with Crippen molar-refractivity contribution in [3.63, 3.8) is 0 Å². The van der Waals surface area contributed by atoms with E-state index in [1.807, 2.05) is 25.1 Å². The smallest absolute Gasteiger partial charge is 0.0780 e. The number of aryl methyl sites for hydroxylation is 1. The van der Waals surface area contributed by atoms with Crippen molar-refractivity contribution >= 4 is 5.69 Å². The van der Waals surface area contributed by atoms with Gasteiger partial charge >= 0.3 is 0 Å². The first-order valence-electron chi connectivity index (χ1n) is 5.67. The lowest BCUT2D eigenvalue weighted by atomic mass is 10.1. The van der Waals surface area contributed by atoms with Crippen LogP contribution in [0.15, 0.2) is 24.3 Å². The molecule has 3 heteroatoms. The van der Waals surface area contributed by atoms with Gasteiger partial charge in [-0.15, -0.1) is 0 Å². The average Bonchev–Trinajstić information content (AvgIpc) is 2.25. The Morgan fingerprint density at radius 1 is 1.38 bits per heavy atom. The molecule has 2 N–H and O–H groups in total. The molecule has 0 fully saturated rings. The molecule has 1 aromatic rings. The Balaban J connectivity index is 2.16. The molecule has 90 valence electrons. The third-order valence-corrected chi connectivity index (χ3v) is 2.36. The fourth-order valence-corrected chi connectivity index (χ4v) is 1.59. The molecule has 0 saturated carbocycles. The Morgan fingerprint density at radius 2 is 2.19 bits per heavy atom. The number of nitrogen functional groups attached to an aromatic ring is 1. The molecule has 1 atom stereocenters. The maximum absolute atomic E-state index is 5.70. The van der Waals surface area contributed by atoms with Crippen LogP contribution in [0.1, 0.15) is 18.9 Å². The Labute approximate surface area is 97.6 Å². The molecule has 0 saturated heterocycles. The van der Waals surface area contributed by atoms with E-state index in [0.717, 1.165) is 25.1 Å². The summed E-state index contributed by atoms with van der Waals surface area (Å²) in [6.07, 6.45) is 2.19. The Bertz CT molecular complexity index is 302. The highest BCUT2D eigenvalue weighted by atomic mass is 16.5. The second-order valence-corrected chi connectivity index (χ2v) is 3.99. The number of nitrogens with two attached hydrogens (primary N) is 1. The number of hydrogen-bond donors (Lipinski definition) is 1. The maximum atomic E-state index is 5.70. The lowest BCUT2D eigenvalue weighted by Crippen LogP contribution is -2.15. The zero-order chi connectivity index (χ0) is 11.8. The van der Waals surface area contributed by atoms with Crippen molar-refractivity contribution in [2.24, 2.45) is 0 Å². The van der Waals surface area contributed by atoms with Gasteiger partial charge < -0.3 is 15.2 Å². The fourth-order valence-electron chi connectivity index (χ4n) is 1.59. The van der Waals surface area contributed by atoms with Gasteiger partial charge in [-0.25, -0.2) is 0 Å². The van der Waals surface area contributed by atoms with Crippen LogP contribution in [0.4, 0.5) is 5.69 Å². The van der Waals surface area contributed by atoms with Crippen molar-refractivity contribution < 1.29 is 9.47 Å². The maximum Gasteiger partial charge on any atom is 0.0780 e. The third-order valence-electron chi connectivity index (χ3n) is 2.36. The first-order chi connectivity index (χ1) is 7.72. The molecule has 0 amide bonds. The third kappa shape index (κ3) is 5.14. The summed E-state index contributed by atoms with van der Waals surface area (Å²) >= 11 is 0. The van der Waals surface area contributed by atoms with Gasteiger partial charge in [-0.2, -0.15) is 0 Å². The van der Waals surface area contributed by atoms with Crippen molar-refractivity contribution in [2.75, 3.05) is 26.1 Å². The van der Waals surface area contributed by atoms with Crippen molar-refractivity contribution in [3.05, 3.63) is 29.8 Å². The summed E-state index contributed by atoms with van der Waals surface area (Å²) in [4.78, 5) is 0. The number of rotatable bonds is 7. The minimum Gasteiger partial charge on any atom is -0.399 e. The van der Waals surface area contributed by atoms with Gasteiger partial charge in [0.2, 0.25) is 0 Å². The molecule has 0 aliphatic heterocycles. The fraction of sp³-hybridized carbons (Fsp3) is 0.538. The molecular weight excluding hydrogens is 202 g/mol. The van der Waals surface area contributed by atoms with Crippen LogP contribution in [-0.2, 0) is 15.9 Å². The first-order valence-corrected chi connectivity index (χ1v) is 5.67. The van der Waals surface area contributed by atoms with E-state index in [9.17, 15) is 0 Å². The molecule has 0 radical (unpaired) electrons. The zero-order valence-corrected chi connectivity index (χ0v) is 10.1. The summed E-state index contributed by atoms with van der Waals surface area (Å²) < 4.78 is 10.6. The summed E-state index contributed by atoms with van der Waals surface area (Å²) in [5.41, 5.74) is 7.79. The lowest BCUT2D eigenvalue weighted by Gasteiger charge is -2.11. The monoisotopic (exact) mass is 223 g/mol. The SMILES string of the molecule is COCC(C)OCCCc1cccc(N)c1. The van der Waals surface area contributed by atoms with E-state index in [1.54, 1.807) is 7.11 Å². The van der Waals surface area contributed by atoms with E-state index in [-0.39, 0.29) is 6.10 Å². The molecule has 0 aliphatic rings. The molecule has 1 unspecified atom stereocenters. The van der Waals surface area contributed by atoms with Gasteiger partial charge in [-0.3, -0.25) is 0 Å². The van der Waals surface area contributed by atoms with E-state index in [4.69, 9.17) is 15.2 Å². The van der Waals surface area contributed by atoms with Crippen LogP contribution < -0.4 is 5.73 Å². The molecule has 1 rings (SSSR count). The number of hydrogen-bond acceptors (Lipinski definition) is 3. The van der Waals surface area contributed by atoms with E-state index >= 15 is 0 Å². The zero-order valence-electron chi connectivity index (χ0n) is 10.1. The van der Waals surface area contributed by atoms with Gasteiger partial charge in [0, 0.05) is 19.4 Å². The van der Waals surface area contributed by atoms with Crippen LogP contribution in [-0.4, -0.2) is 26.4 Å². The molecule has 0 heterocycles. The summed E-state index contributed by atoms with van der Waals surface area (Å²) in [6, 6.07) is 7.99. The van der Waals surface area contributed by atoms with Crippen LogP contribution in [0.5, 0.6) is 0 Å². The van der Waals surface area contributed by atoms with Gasteiger partial charge in [0.25, 0.3) is 0 Å². The summed E-state index contributed by atoms with van der Waals surface area (Å²) in [6.45, 7) is 3.43. The van der Waals surface area contributed by atoms with Crippen molar-refractivity contribution in [1.29, 1.82) is 0 Å². The minimum atomic E-state index is 0.172. The van der Waals surface area contributed by atoms with Crippen molar-refractivity contribution in [2.45, 2.75) is 25.9 Å². The average molecular weight is 223 g/mol. The summed E-state index contributed by atoms with van der Waals surface area (Å²) in [5.74, 6) is 0. The Hall–Kier alpha value is -1.06. The highest BCUT2D eigenvalue weighted by Crippen LogP contribution is 2.08. The van der Waals surface area contributed by atoms with Gasteiger partial charge in [-0.1, -0.05) is 12.1 Å². The number of ether oxygens (including phenoxy) is 2. The molecular formula is C13H21NO2. The quantitative estimate of drug-likeness (QED) is 0.569. The Morgan fingerprint density at radius 3 is 2.88 bits per heavy atom. The number of methoxy groups -OCH3 is 1. The summed E-state index contributed by atoms with van der Waals surface area (Å²) in [5, 5.41) is 0. The Kier molecular flexibility index (Phi) is 5.90.